The van der Waals surface area contributed by atoms with Gasteiger partial charge in [-0.3, -0.25) is 9.59 Å². The maximum atomic E-state index is 13.3. The standard InChI is InChI=1S/C30H29NO6/c1-19-16-22-17-21(12-13-25(22)36-19)28(32)26-27(31(14-7-15-35-2)30(34)29(26)33)20-8-6-11-24(18-20)37-23-9-4-3-5-10-23/h3-6,8-13,17-19,27,32H,7,14-16H2,1-2H3/t19-,27+/m0/s1. The van der Waals surface area contributed by atoms with E-state index in [1.165, 1.54) is 4.90 Å². The van der Waals surface area contributed by atoms with Gasteiger partial charge < -0.3 is 24.2 Å². The van der Waals surface area contributed by atoms with Gasteiger partial charge in [-0.25, -0.2) is 0 Å². The Morgan fingerprint density at radius 3 is 2.59 bits per heavy atom. The molecule has 1 saturated heterocycles. The molecule has 0 radical (unpaired) electrons. The molecule has 7 heteroatoms. The third kappa shape index (κ3) is 4.95. The second kappa shape index (κ2) is 10.5. The number of methoxy groups -OCH3 is 1. The minimum Gasteiger partial charge on any atom is -0.507 e. The van der Waals surface area contributed by atoms with Gasteiger partial charge in [-0.15, -0.1) is 0 Å². The fraction of sp³-hybridized carbons (Fsp3) is 0.267. The number of hydrogen-bond acceptors (Lipinski definition) is 6. The van der Waals surface area contributed by atoms with Crippen LogP contribution in [0.5, 0.6) is 17.2 Å². The number of nitrogens with zero attached hydrogens (tertiary/aromatic N) is 1. The van der Waals surface area contributed by atoms with E-state index < -0.39 is 17.7 Å². The van der Waals surface area contributed by atoms with Crippen LogP contribution in [0.15, 0.2) is 78.4 Å². The van der Waals surface area contributed by atoms with Crippen molar-refractivity contribution >= 4 is 17.4 Å². The Labute approximate surface area is 215 Å². The van der Waals surface area contributed by atoms with E-state index in [4.69, 9.17) is 14.2 Å². The van der Waals surface area contributed by atoms with Crippen molar-refractivity contribution in [3.05, 3.63) is 95.1 Å². The largest absolute Gasteiger partial charge is 0.507 e. The molecule has 3 aromatic rings. The first-order valence-electron chi connectivity index (χ1n) is 12.4. The highest BCUT2D eigenvalue weighted by Gasteiger charge is 2.46. The number of ketones is 1. The molecule has 0 aromatic heterocycles. The number of fused-ring (bicyclic) bond motifs is 1. The van der Waals surface area contributed by atoms with E-state index in [2.05, 4.69) is 0 Å². The first-order valence-corrected chi connectivity index (χ1v) is 12.4. The Bertz CT molecular complexity index is 1350. The van der Waals surface area contributed by atoms with Gasteiger partial charge in [0, 0.05) is 32.2 Å². The van der Waals surface area contributed by atoms with Gasteiger partial charge in [0.2, 0.25) is 0 Å². The van der Waals surface area contributed by atoms with Gasteiger partial charge in [0.15, 0.2) is 0 Å². The maximum Gasteiger partial charge on any atom is 0.295 e. The summed E-state index contributed by atoms with van der Waals surface area (Å²) in [6, 6.07) is 21.2. The first kappa shape index (κ1) is 24.6. The Morgan fingerprint density at radius 2 is 1.81 bits per heavy atom. The second-order valence-electron chi connectivity index (χ2n) is 9.28. The Balaban J connectivity index is 1.57. The predicted molar refractivity (Wildman–Crippen MR) is 139 cm³/mol. The molecule has 1 amide bonds. The number of ether oxygens (including phenoxy) is 3. The van der Waals surface area contributed by atoms with Crippen molar-refractivity contribution in [3.8, 4) is 17.2 Å². The number of rotatable bonds is 8. The van der Waals surface area contributed by atoms with Gasteiger partial charge in [-0.2, -0.15) is 0 Å². The molecule has 1 fully saturated rings. The molecule has 3 aromatic carbocycles. The molecule has 0 unspecified atom stereocenters. The fourth-order valence-electron chi connectivity index (χ4n) is 4.93. The second-order valence-corrected chi connectivity index (χ2v) is 9.28. The molecule has 37 heavy (non-hydrogen) atoms. The molecule has 5 rings (SSSR count). The van der Waals surface area contributed by atoms with E-state index in [0.717, 1.165) is 11.3 Å². The molecule has 0 saturated carbocycles. The zero-order valence-corrected chi connectivity index (χ0v) is 20.8. The van der Waals surface area contributed by atoms with Crippen LogP contribution < -0.4 is 9.47 Å². The van der Waals surface area contributed by atoms with Gasteiger partial charge in [-0.1, -0.05) is 30.3 Å². The summed E-state index contributed by atoms with van der Waals surface area (Å²) in [6.07, 6.45) is 1.31. The lowest BCUT2D eigenvalue weighted by Gasteiger charge is -2.25. The number of para-hydroxylation sites is 1. The molecular formula is C30H29NO6. The number of hydrogen-bond donors (Lipinski definition) is 1. The molecule has 2 aliphatic rings. The minimum atomic E-state index is -0.764. The van der Waals surface area contributed by atoms with Crippen LogP contribution >= 0.6 is 0 Å². The lowest BCUT2D eigenvalue weighted by molar-refractivity contribution is -0.140. The smallest absolute Gasteiger partial charge is 0.295 e. The monoisotopic (exact) mass is 499 g/mol. The highest BCUT2D eigenvalue weighted by atomic mass is 16.5. The number of Topliss-reactive ketones (excluding diaryl/α,β-unsaturated/α-hetero) is 1. The summed E-state index contributed by atoms with van der Waals surface area (Å²) in [5.74, 6) is 0.452. The van der Waals surface area contributed by atoms with Crippen LogP contribution in [0.1, 0.15) is 36.1 Å². The summed E-state index contributed by atoms with van der Waals surface area (Å²) >= 11 is 0. The normalized spacial score (nSPS) is 20.1. The Kier molecular flexibility index (Phi) is 6.97. The van der Waals surface area contributed by atoms with Crippen LogP contribution in [-0.2, 0) is 20.7 Å². The zero-order chi connectivity index (χ0) is 25.9. The third-order valence-corrected chi connectivity index (χ3v) is 6.61. The van der Waals surface area contributed by atoms with E-state index in [1.807, 2.05) is 61.5 Å². The Morgan fingerprint density at radius 1 is 1.03 bits per heavy atom. The molecular weight excluding hydrogens is 470 g/mol. The van der Waals surface area contributed by atoms with Gasteiger partial charge in [-0.05, 0) is 66.9 Å². The van der Waals surface area contributed by atoms with E-state index >= 15 is 0 Å². The fourth-order valence-corrected chi connectivity index (χ4v) is 4.93. The predicted octanol–water partition coefficient (Wildman–Crippen LogP) is 5.26. The number of carbonyl (C=O) groups excluding carboxylic acids is 2. The summed E-state index contributed by atoms with van der Waals surface area (Å²) in [6.45, 7) is 2.73. The summed E-state index contributed by atoms with van der Waals surface area (Å²) in [5, 5.41) is 11.4. The number of aliphatic hydroxyl groups is 1. The van der Waals surface area contributed by atoms with E-state index in [0.29, 0.717) is 48.6 Å². The van der Waals surface area contributed by atoms with Crippen LogP contribution in [0.2, 0.25) is 0 Å². The summed E-state index contributed by atoms with van der Waals surface area (Å²) in [5.41, 5.74) is 2.17. The average Bonchev–Trinajstić information content (AvgIpc) is 3.40. The van der Waals surface area contributed by atoms with Gasteiger partial charge in [0.1, 0.15) is 29.1 Å². The molecule has 0 spiro atoms. The number of amides is 1. The van der Waals surface area contributed by atoms with Crippen molar-refractivity contribution in [1.29, 1.82) is 0 Å². The summed E-state index contributed by atoms with van der Waals surface area (Å²) < 4.78 is 17.0. The highest BCUT2D eigenvalue weighted by Crippen LogP contribution is 2.41. The van der Waals surface area contributed by atoms with Crippen LogP contribution in [0.4, 0.5) is 0 Å². The van der Waals surface area contributed by atoms with Crippen molar-refractivity contribution in [1.82, 2.24) is 4.90 Å². The molecule has 0 bridgehead atoms. The zero-order valence-electron chi connectivity index (χ0n) is 20.8. The van der Waals surface area contributed by atoms with Crippen molar-refractivity contribution < 1.29 is 28.9 Å². The van der Waals surface area contributed by atoms with Crippen molar-refractivity contribution in [2.75, 3.05) is 20.3 Å². The SMILES string of the molecule is COCCCN1C(=O)C(=O)C(=C(O)c2ccc3c(c2)C[C@H](C)O3)[C@H]1c1cccc(Oc2ccccc2)c1. The highest BCUT2D eigenvalue weighted by molar-refractivity contribution is 6.46. The summed E-state index contributed by atoms with van der Waals surface area (Å²) in [7, 11) is 1.59. The Hall–Kier alpha value is -4.10. The third-order valence-electron chi connectivity index (χ3n) is 6.61. The molecule has 1 N–H and O–H groups in total. The molecule has 2 atom stereocenters. The molecule has 0 aliphatic carbocycles. The molecule has 2 aliphatic heterocycles. The van der Waals surface area contributed by atoms with E-state index in [-0.39, 0.29) is 17.4 Å². The summed E-state index contributed by atoms with van der Waals surface area (Å²) in [4.78, 5) is 28.0. The average molecular weight is 500 g/mol. The van der Waals surface area contributed by atoms with Gasteiger partial charge >= 0.3 is 0 Å². The number of aliphatic hydroxyl groups excluding tert-OH is 1. The lowest BCUT2D eigenvalue weighted by Crippen LogP contribution is -2.31. The minimum absolute atomic E-state index is 0.0473. The molecule has 2 heterocycles. The topological polar surface area (TPSA) is 85.3 Å². The molecule has 7 nitrogen and oxygen atoms in total. The van der Waals surface area contributed by atoms with Gasteiger partial charge in [0.25, 0.3) is 11.7 Å². The van der Waals surface area contributed by atoms with E-state index in [1.54, 1.807) is 25.3 Å². The van der Waals surface area contributed by atoms with Crippen molar-refractivity contribution in [2.45, 2.75) is 31.9 Å². The van der Waals surface area contributed by atoms with Crippen LogP contribution in [0.25, 0.3) is 5.76 Å². The van der Waals surface area contributed by atoms with E-state index in [9.17, 15) is 14.7 Å². The molecule has 190 valence electrons. The van der Waals surface area contributed by atoms with Crippen molar-refractivity contribution in [2.24, 2.45) is 0 Å². The number of benzene rings is 3. The van der Waals surface area contributed by atoms with Crippen molar-refractivity contribution in [3.63, 3.8) is 0 Å². The van der Waals surface area contributed by atoms with Crippen LogP contribution in [0, 0.1) is 0 Å². The lowest BCUT2D eigenvalue weighted by atomic mass is 9.94. The maximum absolute atomic E-state index is 13.3. The number of carbonyl (C=O) groups is 2. The van der Waals surface area contributed by atoms with Gasteiger partial charge in [0.05, 0.1) is 11.6 Å². The first-order chi connectivity index (χ1) is 18.0. The van der Waals surface area contributed by atoms with Crippen LogP contribution in [-0.4, -0.2) is 48.1 Å². The number of likely N-dealkylation sites (tertiary alicyclic amines) is 1. The van der Waals surface area contributed by atoms with Crippen LogP contribution in [0.3, 0.4) is 0 Å². The quantitative estimate of drug-likeness (QED) is 0.197.